The SMILES string of the molecule is CC1(C)CC(OC(=O)C[N+](C)(C)C2CC(C)(C)N(O)C(C)(C)C2)CC(C)(C)N1O. The molecule has 0 spiro atoms. The topological polar surface area (TPSA) is 73.2 Å². The lowest BCUT2D eigenvalue weighted by molar-refractivity contribution is -0.911. The molecule has 0 saturated carbocycles. The Balaban J connectivity index is 2.06. The van der Waals surface area contributed by atoms with Gasteiger partial charge in [0.25, 0.3) is 0 Å². The normalized spacial score (nSPS) is 28.3. The van der Waals surface area contributed by atoms with E-state index in [1.807, 2.05) is 55.4 Å². The summed E-state index contributed by atoms with van der Waals surface area (Å²) < 4.78 is 6.44. The first kappa shape index (κ1) is 24.5. The molecule has 2 aliphatic rings. The number of piperidine rings is 2. The summed E-state index contributed by atoms with van der Waals surface area (Å²) >= 11 is 0. The molecule has 2 N–H and O–H groups in total. The number of ether oxygens (including phenoxy) is 1. The molecule has 0 aromatic carbocycles. The maximum atomic E-state index is 12.9. The summed E-state index contributed by atoms with van der Waals surface area (Å²) in [6.45, 7) is 16.4. The molecule has 0 amide bonds. The van der Waals surface area contributed by atoms with Gasteiger partial charge in [-0.05, 0) is 55.4 Å². The Kier molecular flexibility index (Phi) is 6.30. The van der Waals surface area contributed by atoms with E-state index in [-0.39, 0.29) is 29.2 Å². The van der Waals surface area contributed by atoms with E-state index in [9.17, 15) is 15.2 Å². The van der Waals surface area contributed by atoms with Crippen LogP contribution >= 0.6 is 0 Å². The summed E-state index contributed by atoms with van der Waals surface area (Å²) in [5.74, 6) is -0.194. The lowest BCUT2D eigenvalue weighted by Crippen LogP contribution is -2.66. The van der Waals surface area contributed by atoms with Gasteiger partial charge in [0, 0.05) is 47.8 Å². The highest BCUT2D eigenvalue weighted by molar-refractivity contribution is 5.70. The van der Waals surface area contributed by atoms with Crippen LogP contribution in [0.3, 0.4) is 0 Å². The first-order valence-corrected chi connectivity index (χ1v) is 10.8. The molecular weight excluding hydrogens is 370 g/mol. The molecule has 2 aliphatic heterocycles. The van der Waals surface area contributed by atoms with Crippen molar-refractivity contribution in [2.24, 2.45) is 0 Å². The van der Waals surface area contributed by atoms with E-state index in [0.29, 0.717) is 23.9 Å². The van der Waals surface area contributed by atoms with Gasteiger partial charge in [-0.3, -0.25) is 0 Å². The van der Waals surface area contributed by atoms with Crippen LogP contribution in [0.4, 0.5) is 0 Å². The van der Waals surface area contributed by atoms with E-state index in [4.69, 9.17) is 4.74 Å². The van der Waals surface area contributed by atoms with E-state index in [0.717, 1.165) is 12.8 Å². The maximum Gasteiger partial charge on any atom is 0.362 e. The van der Waals surface area contributed by atoms with Crippen LogP contribution in [-0.4, -0.2) is 85.9 Å². The van der Waals surface area contributed by atoms with Gasteiger partial charge >= 0.3 is 5.97 Å². The van der Waals surface area contributed by atoms with Crippen molar-refractivity contribution in [3.8, 4) is 0 Å². The Morgan fingerprint density at radius 1 is 0.828 bits per heavy atom. The largest absolute Gasteiger partial charge is 0.458 e. The number of nitrogens with zero attached hydrogens (tertiary/aromatic N) is 3. The fraction of sp³-hybridized carbons (Fsp3) is 0.955. The molecule has 29 heavy (non-hydrogen) atoms. The third-order valence-electron chi connectivity index (χ3n) is 7.04. The van der Waals surface area contributed by atoms with Crippen LogP contribution < -0.4 is 0 Å². The molecular formula is C22H44N3O4+. The van der Waals surface area contributed by atoms with Crippen molar-refractivity contribution in [1.29, 1.82) is 0 Å². The molecule has 7 heteroatoms. The van der Waals surface area contributed by atoms with Crippen molar-refractivity contribution in [3.63, 3.8) is 0 Å². The number of hydrogen-bond donors (Lipinski definition) is 2. The monoisotopic (exact) mass is 414 g/mol. The van der Waals surface area contributed by atoms with Crippen molar-refractivity contribution in [2.45, 2.75) is 115 Å². The molecule has 0 aromatic rings. The Morgan fingerprint density at radius 2 is 1.17 bits per heavy atom. The predicted molar refractivity (Wildman–Crippen MR) is 113 cm³/mol. The molecule has 0 aliphatic carbocycles. The number of rotatable bonds is 4. The quantitative estimate of drug-likeness (QED) is 0.542. The van der Waals surface area contributed by atoms with Crippen LogP contribution in [0, 0.1) is 0 Å². The van der Waals surface area contributed by atoms with Crippen molar-refractivity contribution in [2.75, 3.05) is 20.6 Å². The highest BCUT2D eigenvalue weighted by Gasteiger charge is 2.51. The van der Waals surface area contributed by atoms with Crippen LogP contribution in [0.2, 0.25) is 0 Å². The predicted octanol–water partition coefficient (Wildman–Crippen LogP) is 3.43. The Bertz CT molecular complexity index is 592. The molecule has 2 heterocycles. The fourth-order valence-corrected chi connectivity index (χ4v) is 5.66. The smallest absolute Gasteiger partial charge is 0.362 e. The number of quaternary nitrogens is 1. The first-order chi connectivity index (χ1) is 12.8. The highest BCUT2D eigenvalue weighted by atomic mass is 16.5. The van der Waals surface area contributed by atoms with E-state index in [1.54, 1.807) is 0 Å². The second-order valence-corrected chi connectivity index (χ2v) is 12.4. The minimum absolute atomic E-state index is 0.194. The zero-order chi connectivity index (χ0) is 22.6. The second-order valence-electron chi connectivity index (χ2n) is 12.4. The number of carbonyl (C=O) groups excluding carboxylic acids is 1. The van der Waals surface area contributed by atoms with Crippen LogP contribution in [0.1, 0.15) is 81.1 Å². The van der Waals surface area contributed by atoms with Crippen molar-refractivity contribution >= 4 is 5.97 Å². The molecule has 7 nitrogen and oxygen atoms in total. The molecule has 0 aromatic heterocycles. The van der Waals surface area contributed by atoms with Gasteiger partial charge in [0.15, 0.2) is 6.54 Å². The summed E-state index contributed by atoms with van der Waals surface area (Å²) in [4.78, 5) is 12.9. The number of esters is 1. The minimum atomic E-state index is -0.445. The summed E-state index contributed by atoms with van der Waals surface area (Å²) in [5, 5.41) is 23.9. The van der Waals surface area contributed by atoms with Gasteiger partial charge in [-0.25, -0.2) is 4.79 Å². The van der Waals surface area contributed by atoms with E-state index in [1.165, 1.54) is 10.1 Å². The van der Waals surface area contributed by atoms with E-state index < -0.39 is 11.1 Å². The Hall–Kier alpha value is -0.730. The van der Waals surface area contributed by atoms with Crippen LogP contribution in [0.25, 0.3) is 0 Å². The van der Waals surface area contributed by atoms with Gasteiger partial charge in [-0.2, -0.15) is 10.1 Å². The molecule has 2 rings (SSSR count). The van der Waals surface area contributed by atoms with E-state index >= 15 is 0 Å². The van der Waals surface area contributed by atoms with Crippen molar-refractivity contribution in [3.05, 3.63) is 0 Å². The van der Waals surface area contributed by atoms with Crippen molar-refractivity contribution < 1.29 is 24.4 Å². The maximum absolute atomic E-state index is 12.9. The zero-order valence-corrected chi connectivity index (χ0v) is 20.2. The lowest BCUT2D eigenvalue weighted by atomic mass is 9.77. The molecule has 0 radical (unpaired) electrons. The van der Waals surface area contributed by atoms with Gasteiger partial charge in [0.2, 0.25) is 0 Å². The van der Waals surface area contributed by atoms with Gasteiger partial charge in [0.05, 0.1) is 20.1 Å². The summed E-state index contributed by atoms with van der Waals surface area (Å²) in [6, 6.07) is 0.239. The fourth-order valence-electron chi connectivity index (χ4n) is 5.66. The molecule has 0 unspecified atom stereocenters. The number of likely N-dealkylation sites (N-methyl/N-ethyl adjacent to an activating group) is 1. The average molecular weight is 415 g/mol. The third-order valence-corrected chi connectivity index (χ3v) is 7.04. The highest BCUT2D eigenvalue weighted by Crippen LogP contribution is 2.41. The van der Waals surface area contributed by atoms with Gasteiger partial charge in [0.1, 0.15) is 6.10 Å². The Labute approximate surface area is 177 Å². The number of carbonyl (C=O) groups is 1. The first-order valence-electron chi connectivity index (χ1n) is 10.8. The second kappa shape index (κ2) is 7.45. The number of hydrogen-bond acceptors (Lipinski definition) is 6. The molecule has 170 valence electrons. The molecule has 0 atom stereocenters. The summed E-state index contributed by atoms with van der Waals surface area (Å²) in [7, 11) is 4.16. The van der Waals surface area contributed by atoms with Crippen molar-refractivity contribution in [1.82, 2.24) is 10.1 Å². The lowest BCUT2D eigenvalue weighted by Gasteiger charge is -2.54. The van der Waals surface area contributed by atoms with E-state index in [2.05, 4.69) is 14.1 Å². The summed E-state index contributed by atoms with van der Waals surface area (Å²) in [5.41, 5.74) is -1.60. The van der Waals surface area contributed by atoms with Crippen LogP contribution in [0.15, 0.2) is 0 Å². The minimum Gasteiger partial charge on any atom is -0.458 e. The van der Waals surface area contributed by atoms with Gasteiger partial charge in [-0.15, -0.1) is 0 Å². The van der Waals surface area contributed by atoms with Crippen LogP contribution in [0.5, 0.6) is 0 Å². The standard InChI is InChI=1S/C22H44N3O4/c1-19(2)11-16(12-20(3,4)23(19)27)25(9,10)15-18(26)29-17-13-21(5,6)24(28)22(7,8)14-17/h16-17,27-28H,11-15H2,1-10H3/q+1. The molecule has 2 saturated heterocycles. The third kappa shape index (κ3) is 5.13. The average Bonchev–Trinajstić information content (AvgIpc) is 2.48. The summed E-state index contributed by atoms with van der Waals surface area (Å²) in [6.07, 6.45) is 2.61. The molecule has 0 bridgehead atoms. The Morgan fingerprint density at radius 3 is 1.55 bits per heavy atom. The van der Waals surface area contributed by atoms with Gasteiger partial charge in [-0.1, -0.05) is 0 Å². The molecule has 2 fully saturated rings. The van der Waals surface area contributed by atoms with Crippen LogP contribution in [-0.2, 0) is 9.53 Å². The number of hydroxylamine groups is 4. The zero-order valence-electron chi connectivity index (χ0n) is 20.2. The van der Waals surface area contributed by atoms with Gasteiger partial charge < -0.3 is 19.6 Å².